The number of likely N-dealkylation sites (N-methyl/N-ethyl adjacent to an activating group) is 1. The van der Waals surface area contributed by atoms with E-state index in [9.17, 15) is 14.9 Å². The zero-order valence-corrected chi connectivity index (χ0v) is 14.2. The molecule has 0 aromatic carbocycles. The molecule has 2 aliphatic heterocycles. The van der Waals surface area contributed by atoms with Gasteiger partial charge in [-0.2, -0.15) is 10.1 Å². The van der Waals surface area contributed by atoms with Gasteiger partial charge in [-0.15, -0.1) is 0 Å². The fourth-order valence-electron chi connectivity index (χ4n) is 3.04. The van der Waals surface area contributed by atoms with E-state index in [2.05, 4.69) is 28.9 Å². The maximum absolute atomic E-state index is 11.9. The number of amides is 1. The third-order valence-corrected chi connectivity index (χ3v) is 4.38. The number of carbonyl (C=O) groups excluding carboxylic acids is 1. The average molecular weight is 351 g/mol. The van der Waals surface area contributed by atoms with Gasteiger partial charge in [0.05, 0.1) is 18.8 Å². The van der Waals surface area contributed by atoms with Crippen molar-refractivity contribution in [2.24, 2.45) is 5.10 Å². The van der Waals surface area contributed by atoms with Crippen LogP contribution in [0.4, 0.5) is 10.7 Å². The molecule has 0 saturated carbocycles. The first-order valence-electron chi connectivity index (χ1n) is 8.11. The Balaban J connectivity index is 1.55. The van der Waals surface area contributed by atoms with Crippen LogP contribution in [0.1, 0.15) is 12.7 Å². The molecule has 2 saturated heterocycles. The molecule has 10 nitrogen and oxygen atoms in total. The largest absolute Gasteiger partial charge is 0.441 e. The van der Waals surface area contributed by atoms with E-state index in [1.54, 1.807) is 0 Å². The minimum Gasteiger partial charge on any atom is -0.441 e. The van der Waals surface area contributed by atoms with E-state index >= 15 is 0 Å². The standard InChI is InChI=1S/C15H21N5O5/c1-11-8-17(2)5-6-18(11)9-13-10-19(15(21)25-13)16-7-12-3-4-14(24-12)20(22)23/h3-4,7,11,13H,5-6,8-10H2,1-2H3/b16-7+. The van der Waals surface area contributed by atoms with Crippen molar-refractivity contribution in [1.29, 1.82) is 0 Å². The van der Waals surface area contributed by atoms with Crippen LogP contribution in [0, 0.1) is 10.1 Å². The van der Waals surface area contributed by atoms with Gasteiger partial charge < -0.3 is 14.1 Å². The van der Waals surface area contributed by atoms with Crippen molar-refractivity contribution in [3.63, 3.8) is 0 Å². The lowest BCUT2D eigenvalue weighted by Crippen LogP contribution is -2.52. The summed E-state index contributed by atoms with van der Waals surface area (Å²) in [7, 11) is 2.10. The number of rotatable bonds is 5. The van der Waals surface area contributed by atoms with Gasteiger partial charge in [-0.3, -0.25) is 15.0 Å². The fraction of sp³-hybridized carbons (Fsp3) is 0.600. The number of carbonyl (C=O) groups is 1. The van der Waals surface area contributed by atoms with E-state index < -0.39 is 11.0 Å². The minimum absolute atomic E-state index is 0.204. The summed E-state index contributed by atoms with van der Waals surface area (Å²) in [6.45, 7) is 6.08. The maximum atomic E-state index is 11.9. The highest BCUT2D eigenvalue weighted by Gasteiger charge is 2.34. The summed E-state index contributed by atoms with van der Waals surface area (Å²) < 4.78 is 10.3. The predicted octanol–water partition coefficient (Wildman–Crippen LogP) is 0.978. The van der Waals surface area contributed by atoms with Gasteiger partial charge >= 0.3 is 12.0 Å². The zero-order valence-electron chi connectivity index (χ0n) is 14.2. The number of nitrogens with zero attached hydrogens (tertiary/aromatic N) is 5. The molecule has 2 aliphatic rings. The van der Waals surface area contributed by atoms with E-state index in [-0.39, 0.29) is 17.7 Å². The predicted molar refractivity (Wildman–Crippen MR) is 88.5 cm³/mol. The summed E-state index contributed by atoms with van der Waals surface area (Å²) in [5, 5.41) is 15.8. The smallest absolute Gasteiger partial charge is 0.433 e. The summed E-state index contributed by atoms with van der Waals surface area (Å²) in [5.41, 5.74) is 0. The first-order valence-corrected chi connectivity index (χ1v) is 8.11. The average Bonchev–Trinajstić information content (AvgIpc) is 3.15. The topological polar surface area (TPSA) is 105 Å². The molecule has 25 heavy (non-hydrogen) atoms. The van der Waals surface area contributed by atoms with Gasteiger partial charge in [-0.05, 0) is 20.0 Å². The van der Waals surface area contributed by atoms with E-state index in [4.69, 9.17) is 9.15 Å². The number of cyclic esters (lactones) is 1. The third-order valence-electron chi connectivity index (χ3n) is 4.38. The molecule has 2 fully saturated rings. The fourth-order valence-corrected chi connectivity index (χ4v) is 3.04. The van der Waals surface area contributed by atoms with Crippen molar-refractivity contribution in [1.82, 2.24) is 14.8 Å². The van der Waals surface area contributed by atoms with Crippen molar-refractivity contribution < 1.29 is 18.9 Å². The normalized spacial score (nSPS) is 25.7. The van der Waals surface area contributed by atoms with Gasteiger partial charge in [0.15, 0.2) is 5.76 Å². The Hall–Kier alpha value is -2.46. The van der Waals surface area contributed by atoms with Crippen LogP contribution in [0.15, 0.2) is 21.7 Å². The molecule has 0 spiro atoms. The molecule has 2 atom stereocenters. The highest BCUT2D eigenvalue weighted by atomic mass is 16.6. The summed E-state index contributed by atoms with van der Waals surface area (Å²) in [5.74, 6) is -0.164. The second-order valence-corrected chi connectivity index (χ2v) is 6.37. The quantitative estimate of drug-likeness (QED) is 0.442. The van der Waals surface area contributed by atoms with Crippen LogP contribution in [0.3, 0.4) is 0 Å². The van der Waals surface area contributed by atoms with Gasteiger partial charge in [0.1, 0.15) is 11.0 Å². The molecular weight excluding hydrogens is 330 g/mol. The van der Waals surface area contributed by atoms with Gasteiger partial charge in [0.25, 0.3) is 0 Å². The SMILES string of the molecule is CC1CN(C)CCN1CC1CN(/N=C/c2ccc([N+](=O)[O-])o2)C(=O)O1. The van der Waals surface area contributed by atoms with Crippen LogP contribution in [0.2, 0.25) is 0 Å². The van der Waals surface area contributed by atoms with Crippen LogP contribution < -0.4 is 0 Å². The lowest BCUT2D eigenvalue weighted by atomic mass is 10.2. The zero-order chi connectivity index (χ0) is 18.0. The van der Waals surface area contributed by atoms with E-state index in [0.29, 0.717) is 19.1 Å². The highest BCUT2D eigenvalue weighted by Crippen LogP contribution is 2.17. The number of nitro groups is 1. The van der Waals surface area contributed by atoms with Crippen LogP contribution in [0.25, 0.3) is 0 Å². The van der Waals surface area contributed by atoms with E-state index in [1.807, 2.05) is 0 Å². The molecule has 3 heterocycles. The highest BCUT2D eigenvalue weighted by molar-refractivity contribution is 5.78. The second kappa shape index (κ2) is 7.19. The Morgan fingerprint density at radius 2 is 2.20 bits per heavy atom. The lowest BCUT2D eigenvalue weighted by Gasteiger charge is -2.38. The molecule has 3 rings (SSSR count). The summed E-state index contributed by atoms with van der Waals surface area (Å²) in [6, 6.07) is 3.06. The number of hydrazone groups is 1. The van der Waals surface area contributed by atoms with E-state index in [1.165, 1.54) is 23.4 Å². The molecule has 1 amide bonds. The van der Waals surface area contributed by atoms with Crippen molar-refractivity contribution >= 4 is 18.2 Å². The van der Waals surface area contributed by atoms with Crippen molar-refractivity contribution in [2.45, 2.75) is 19.1 Å². The van der Waals surface area contributed by atoms with Crippen LogP contribution >= 0.6 is 0 Å². The summed E-state index contributed by atoms with van der Waals surface area (Å²) in [4.78, 5) is 26.5. The maximum Gasteiger partial charge on any atom is 0.433 e. The molecule has 136 valence electrons. The van der Waals surface area contributed by atoms with E-state index in [0.717, 1.165) is 19.6 Å². The van der Waals surface area contributed by atoms with Gasteiger partial charge in [0, 0.05) is 32.2 Å². The Bertz CT molecular complexity index is 675. The molecule has 0 radical (unpaired) electrons. The molecule has 1 aromatic heterocycles. The monoisotopic (exact) mass is 351 g/mol. The molecule has 10 heteroatoms. The van der Waals surface area contributed by atoms with Crippen LogP contribution in [0.5, 0.6) is 0 Å². The Morgan fingerprint density at radius 3 is 2.88 bits per heavy atom. The molecular formula is C15H21N5O5. The molecule has 0 aliphatic carbocycles. The van der Waals surface area contributed by atoms with Gasteiger partial charge in [0.2, 0.25) is 0 Å². The second-order valence-electron chi connectivity index (χ2n) is 6.37. The van der Waals surface area contributed by atoms with Gasteiger partial charge in [-0.25, -0.2) is 4.79 Å². The molecule has 0 N–H and O–H groups in total. The Labute approximate surface area is 144 Å². The van der Waals surface area contributed by atoms with Gasteiger partial charge in [-0.1, -0.05) is 0 Å². The number of furan rings is 1. The summed E-state index contributed by atoms with van der Waals surface area (Å²) >= 11 is 0. The number of piperazine rings is 1. The third kappa shape index (κ3) is 4.15. The molecule has 1 aromatic rings. The number of hydrogen-bond acceptors (Lipinski definition) is 8. The molecule has 0 bridgehead atoms. The minimum atomic E-state index is -0.630. The van der Waals surface area contributed by atoms with Crippen molar-refractivity contribution in [3.05, 3.63) is 28.0 Å². The first-order chi connectivity index (χ1) is 11.9. The number of hydrogen-bond donors (Lipinski definition) is 0. The lowest BCUT2D eigenvalue weighted by molar-refractivity contribution is -0.402. The summed E-state index contributed by atoms with van der Waals surface area (Å²) in [6.07, 6.45) is 0.500. The Kier molecular flexibility index (Phi) is 5.00. The van der Waals surface area contributed by atoms with Crippen molar-refractivity contribution in [2.75, 3.05) is 39.8 Å². The van der Waals surface area contributed by atoms with Crippen molar-refractivity contribution in [3.8, 4) is 0 Å². The molecule has 2 unspecified atom stereocenters. The first kappa shape index (κ1) is 17.4. The number of ether oxygens (including phenoxy) is 1. The van der Waals surface area contributed by atoms with Crippen LogP contribution in [-0.4, -0.2) is 84.0 Å². The Morgan fingerprint density at radius 1 is 1.40 bits per heavy atom. The van der Waals surface area contributed by atoms with Crippen LogP contribution in [-0.2, 0) is 4.74 Å².